The van der Waals surface area contributed by atoms with Crippen LogP contribution in [0.3, 0.4) is 0 Å². The summed E-state index contributed by atoms with van der Waals surface area (Å²) >= 11 is 6.04. The van der Waals surface area contributed by atoms with E-state index in [-0.39, 0.29) is 16.3 Å². The van der Waals surface area contributed by atoms with Crippen LogP contribution in [0.1, 0.15) is 36.8 Å². The molecule has 0 aliphatic carbocycles. The normalized spacial score (nSPS) is 12.0. The Bertz CT molecular complexity index is 858. The number of halogens is 1. The molecule has 0 amide bonds. The molecule has 0 unspecified atom stereocenters. The standard InChI is InChI=1S/C16H17ClN2O4S/c1-16(2,3)12-6-4-5-7-14(12)24(22,23)19(17)11-8-9-13(15(20)21)18-10-11/h4-10H,1-3H3,(H,20,21). The summed E-state index contributed by atoms with van der Waals surface area (Å²) in [5.41, 5.74) is 0.0970. The highest BCUT2D eigenvalue weighted by atomic mass is 35.5. The molecule has 1 aromatic heterocycles. The van der Waals surface area contributed by atoms with Crippen molar-refractivity contribution in [1.82, 2.24) is 4.98 Å². The monoisotopic (exact) mass is 368 g/mol. The summed E-state index contributed by atoms with van der Waals surface area (Å²) < 4.78 is 26.3. The molecule has 0 saturated carbocycles. The summed E-state index contributed by atoms with van der Waals surface area (Å²) in [6.07, 6.45) is 1.10. The molecule has 0 bridgehead atoms. The molecular formula is C16H17ClN2O4S. The topological polar surface area (TPSA) is 87.6 Å². The number of hydrogen-bond acceptors (Lipinski definition) is 4. The van der Waals surface area contributed by atoms with Crippen LogP contribution in [0.25, 0.3) is 0 Å². The van der Waals surface area contributed by atoms with Gasteiger partial charge >= 0.3 is 5.97 Å². The molecule has 24 heavy (non-hydrogen) atoms. The van der Waals surface area contributed by atoms with Gasteiger partial charge in [-0.25, -0.2) is 9.78 Å². The van der Waals surface area contributed by atoms with Gasteiger partial charge in [-0.3, -0.25) is 0 Å². The van der Waals surface area contributed by atoms with Crippen molar-refractivity contribution in [2.24, 2.45) is 0 Å². The number of sulfonamides is 1. The van der Waals surface area contributed by atoms with Crippen molar-refractivity contribution >= 4 is 33.5 Å². The summed E-state index contributed by atoms with van der Waals surface area (Å²) in [7, 11) is -4.03. The number of carbonyl (C=O) groups is 1. The van der Waals surface area contributed by atoms with E-state index in [4.69, 9.17) is 16.9 Å². The SMILES string of the molecule is CC(C)(C)c1ccccc1S(=O)(=O)N(Cl)c1ccc(C(=O)O)nc1. The lowest BCUT2D eigenvalue weighted by molar-refractivity contribution is 0.0690. The largest absolute Gasteiger partial charge is 0.477 e. The van der Waals surface area contributed by atoms with Gasteiger partial charge in [0.05, 0.1) is 16.8 Å². The fourth-order valence-electron chi connectivity index (χ4n) is 2.15. The second-order valence-corrected chi connectivity index (χ2v) is 8.47. The Hall–Kier alpha value is -2.12. The van der Waals surface area contributed by atoms with Gasteiger partial charge in [0, 0.05) is 11.8 Å². The lowest BCUT2D eigenvalue weighted by Gasteiger charge is -2.24. The van der Waals surface area contributed by atoms with E-state index in [1.807, 2.05) is 20.8 Å². The summed E-state index contributed by atoms with van der Waals surface area (Å²) in [4.78, 5) is 14.6. The van der Waals surface area contributed by atoms with Crippen LogP contribution < -0.4 is 3.82 Å². The van der Waals surface area contributed by atoms with Crippen LogP contribution in [-0.2, 0) is 15.4 Å². The van der Waals surface area contributed by atoms with Gasteiger partial charge in [-0.15, -0.1) is 0 Å². The quantitative estimate of drug-likeness (QED) is 0.835. The number of rotatable bonds is 4. The highest BCUT2D eigenvalue weighted by Crippen LogP contribution is 2.33. The number of benzene rings is 1. The highest BCUT2D eigenvalue weighted by Gasteiger charge is 2.30. The third kappa shape index (κ3) is 3.52. The number of anilines is 1. The molecular weight excluding hydrogens is 352 g/mol. The van der Waals surface area contributed by atoms with Crippen molar-refractivity contribution in [1.29, 1.82) is 0 Å². The molecule has 1 aromatic carbocycles. The first-order valence-electron chi connectivity index (χ1n) is 7.05. The van der Waals surface area contributed by atoms with E-state index in [9.17, 15) is 13.2 Å². The van der Waals surface area contributed by atoms with E-state index < -0.39 is 21.4 Å². The lowest BCUT2D eigenvalue weighted by atomic mass is 9.87. The van der Waals surface area contributed by atoms with Crippen molar-refractivity contribution in [3.63, 3.8) is 0 Å². The van der Waals surface area contributed by atoms with E-state index in [1.165, 1.54) is 18.2 Å². The number of nitrogens with zero attached hydrogens (tertiary/aromatic N) is 2. The van der Waals surface area contributed by atoms with Crippen molar-refractivity contribution in [2.75, 3.05) is 3.82 Å². The Labute approximate surface area is 145 Å². The number of aromatic nitrogens is 1. The average Bonchev–Trinajstić information content (AvgIpc) is 2.53. The third-order valence-electron chi connectivity index (χ3n) is 3.35. The van der Waals surface area contributed by atoms with Crippen LogP contribution >= 0.6 is 11.8 Å². The van der Waals surface area contributed by atoms with E-state index in [0.29, 0.717) is 9.39 Å². The van der Waals surface area contributed by atoms with Gasteiger partial charge in [0.15, 0.2) is 0 Å². The minimum Gasteiger partial charge on any atom is -0.477 e. The maximum Gasteiger partial charge on any atom is 0.354 e. The van der Waals surface area contributed by atoms with Crippen molar-refractivity contribution in [2.45, 2.75) is 31.1 Å². The second-order valence-electron chi connectivity index (χ2n) is 6.17. The van der Waals surface area contributed by atoms with E-state index in [2.05, 4.69) is 4.98 Å². The number of hydrogen-bond donors (Lipinski definition) is 1. The van der Waals surface area contributed by atoms with Gasteiger partial charge in [0.1, 0.15) is 5.69 Å². The van der Waals surface area contributed by atoms with Gasteiger partial charge < -0.3 is 5.11 Å². The number of carboxylic acids is 1. The third-order valence-corrected chi connectivity index (χ3v) is 5.64. The molecule has 1 heterocycles. The zero-order valence-electron chi connectivity index (χ0n) is 13.4. The first-order chi connectivity index (χ1) is 11.0. The Morgan fingerprint density at radius 2 is 1.79 bits per heavy atom. The number of pyridine rings is 1. The highest BCUT2D eigenvalue weighted by molar-refractivity contribution is 7.94. The van der Waals surface area contributed by atoms with Crippen LogP contribution in [0.2, 0.25) is 0 Å². The molecule has 0 spiro atoms. The van der Waals surface area contributed by atoms with E-state index in [0.717, 1.165) is 6.20 Å². The summed E-state index contributed by atoms with van der Waals surface area (Å²) in [6.45, 7) is 5.72. The van der Waals surface area contributed by atoms with Crippen molar-refractivity contribution < 1.29 is 18.3 Å². The Morgan fingerprint density at radius 1 is 1.17 bits per heavy atom. The van der Waals surface area contributed by atoms with Crippen LogP contribution in [0.4, 0.5) is 5.69 Å². The first kappa shape index (κ1) is 18.2. The minimum atomic E-state index is -4.03. The average molecular weight is 369 g/mol. The van der Waals surface area contributed by atoms with Gasteiger partial charge in [-0.1, -0.05) is 39.0 Å². The van der Waals surface area contributed by atoms with E-state index >= 15 is 0 Å². The molecule has 0 saturated heterocycles. The van der Waals surface area contributed by atoms with Gasteiger partial charge in [0.25, 0.3) is 10.0 Å². The fraction of sp³-hybridized carbons (Fsp3) is 0.250. The Morgan fingerprint density at radius 3 is 2.29 bits per heavy atom. The fourth-order valence-corrected chi connectivity index (χ4v) is 3.94. The predicted molar refractivity (Wildman–Crippen MR) is 91.9 cm³/mol. The molecule has 6 nitrogen and oxygen atoms in total. The molecule has 2 aromatic rings. The Balaban J connectivity index is 2.49. The molecule has 0 aliphatic rings. The molecule has 0 atom stereocenters. The minimum absolute atomic E-state index is 0.0605. The zero-order valence-corrected chi connectivity index (χ0v) is 15.0. The number of carboxylic acid groups (broad SMARTS) is 1. The molecule has 128 valence electrons. The number of aromatic carboxylic acids is 1. The molecule has 0 aliphatic heterocycles. The first-order valence-corrected chi connectivity index (χ1v) is 8.83. The maximum absolute atomic E-state index is 12.9. The molecule has 0 radical (unpaired) electrons. The van der Waals surface area contributed by atoms with Crippen LogP contribution in [0.5, 0.6) is 0 Å². The Kier molecular flexibility index (Phi) is 4.87. The maximum atomic E-state index is 12.9. The molecule has 1 N–H and O–H groups in total. The molecule has 0 fully saturated rings. The summed E-state index contributed by atoms with van der Waals surface area (Å²) in [5, 5.41) is 8.85. The summed E-state index contributed by atoms with van der Waals surface area (Å²) in [6, 6.07) is 9.10. The van der Waals surface area contributed by atoms with Crippen LogP contribution in [-0.4, -0.2) is 24.5 Å². The van der Waals surface area contributed by atoms with E-state index in [1.54, 1.807) is 18.2 Å². The summed E-state index contributed by atoms with van der Waals surface area (Å²) in [5.74, 6) is -1.20. The molecule has 2 rings (SSSR count). The second kappa shape index (κ2) is 6.41. The molecule has 8 heteroatoms. The van der Waals surface area contributed by atoms with Gasteiger partial charge in [0.2, 0.25) is 0 Å². The van der Waals surface area contributed by atoms with Crippen LogP contribution in [0.15, 0.2) is 47.5 Å². The van der Waals surface area contributed by atoms with Gasteiger partial charge in [-0.2, -0.15) is 12.2 Å². The van der Waals surface area contributed by atoms with Crippen molar-refractivity contribution in [3.8, 4) is 0 Å². The van der Waals surface area contributed by atoms with Crippen molar-refractivity contribution in [3.05, 3.63) is 53.9 Å². The smallest absolute Gasteiger partial charge is 0.354 e. The van der Waals surface area contributed by atoms with Gasteiger partial charge in [-0.05, 0) is 29.2 Å². The van der Waals surface area contributed by atoms with Crippen LogP contribution in [0, 0.1) is 0 Å². The zero-order chi connectivity index (χ0) is 18.1. The lowest BCUT2D eigenvalue weighted by Crippen LogP contribution is -2.25. The predicted octanol–water partition coefficient (Wildman–Crippen LogP) is 3.43.